The third-order valence-electron chi connectivity index (χ3n) is 1.58. The third-order valence-corrected chi connectivity index (χ3v) is 2.54. The summed E-state index contributed by atoms with van der Waals surface area (Å²) in [6.45, 7) is 2.90. The Kier molecular flexibility index (Phi) is 5.28. The van der Waals surface area contributed by atoms with Crippen molar-refractivity contribution in [1.82, 2.24) is 10.3 Å². The maximum Gasteiger partial charge on any atom is 0.171 e. The summed E-state index contributed by atoms with van der Waals surface area (Å²) in [5, 5.41) is 7.03. The molecule has 1 rings (SSSR count). The van der Waals surface area contributed by atoms with Gasteiger partial charge in [-0.1, -0.05) is 18.5 Å². The highest BCUT2D eigenvalue weighted by atomic mass is 79.9. The highest BCUT2D eigenvalue weighted by Crippen LogP contribution is 2.22. The second kappa shape index (κ2) is 6.25. The smallest absolute Gasteiger partial charge is 0.171 e. The van der Waals surface area contributed by atoms with Gasteiger partial charge in [0, 0.05) is 17.2 Å². The van der Waals surface area contributed by atoms with Crippen molar-refractivity contribution in [2.75, 3.05) is 11.9 Å². The second-order valence-corrected chi connectivity index (χ2v) is 4.60. The van der Waals surface area contributed by atoms with E-state index in [1.54, 1.807) is 12.3 Å². The molecule has 0 unspecified atom stereocenters. The average Bonchev–Trinajstić information content (AvgIpc) is 2.19. The van der Waals surface area contributed by atoms with Crippen LogP contribution < -0.4 is 10.6 Å². The fourth-order valence-electron chi connectivity index (χ4n) is 0.897. The Morgan fingerprint density at radius 1 is 1.67 bits per heavy atom. The molecule has 15 heavy (non-hydrogen) atoms. The Morgan fingerprint density at radius 2 is 2.40 bits per heavy atom. The van der Waals surface area contributed by atoms with E-state index >= 15 is 0 Å². The van der Waals surface area contributed by atoms with Gasteiger partial charge in [-0.25, -0.2) is 4.98 Å². The third kappa shape index (κ3) is 4.32. The summed E-state index contributed by atoms with van der Waals surface area (Å²) in [5.74, 6) is 0.563. The monoisotopic (exact) mass is 307 g/mol. The molecule has 3 nitrogen and oxygen atoms in total. The molecular formula is C9H11BrClN3S. The van der Waals surface area contributed by atoms with Gasteiger partial charge in [-0.2, -0.15) is 0 Å². The molecule has 0 atom stereocenters. The molecule has 0 radical (unpaired) electrons. The van der Waals surface area contributed by atoms with Crippen molar-refractivity contribution in [2.45, 2.75) is 13.3 Å². The van der Waals surface area contributed by atoms with Crippen LogP contribution in [0.5, 0.6) is 0 Å². The first-order chi connectivity index (χ1) is 7.13. The number of rotatable bonds is 3. The highest BCUT2D eigenvalue weighted by molar-refractivity contribution is 9.10. The molecular weight excluding hydrogens is 298 g/mol. The van der Waals surface area contributed by atoms with Crippen molar-refractivity contribution in [3.63, 3.8) is 0 Å². The van der Waals surface area contributed by atoms with Crippen molar-refractivity contribution in [1.29, 1.82) is 0 Å². The van der Waals surface area contributed by atoms with Gasteiger partial charge in [0.25, 0.3) is 0 Å². The van der Waals surface area contributed by atoms with E-state index in [0.29, 0.717) is 16.0 Å². The lowest BCUT2D eigenvalue weighted by atomic mass is 10.4. The molecule has 0 spiro atoms. The lowest BCUT2D eigenvalue weighted by Gasteiger charge is -2.09. The molecule has 1 aromatic heterocycles. The number of nitrogens with zero attached hydrogens (tertiary/aromatic N) is 1. The van der Waals surface area contributed by atoms with Crippen molar-refractivity contribution in [2.24, 2.45) is 0 Å². The zero-order valence-corrected chi connectivity index (χ0v) is 11.3. The van der Waals surface area contributed by atoms with Crippen LogP contribution in [0.15, 0.2) is 16.7 Å². The first-order valence-corrected chi connectivity index (χ1v) is 6.07. The van der Waals surface area contributed by atoms with Gasteiger partial charge in [0.05, 0.1) is 5.02 Å². The minimum atomic E-state index is 0.532. The standard InChI is InChI=1S/C9H11BrClN3S/c1-2-3-12-9(15)14-8-7(11)4-6(10)5-13-8/h4-5H,2-3H2,1H3,(H2,12,13,14,15). The van der Waals surface area contributed by atoms with Crippen molar-refractivity contribution in [3.8, 4) is 0 Å². The Hall–Kier alpha value is -0.390. The predicted molar refractivity (Wildman–Crippen MR) is 71.5 cm³/mol. The molecule has 1 aromatic rings. The van der Waals surface area contributed by atoms with Gasteiger partial charge in [-0.3, -0.25) is 0 Å². The molecule has 0 saturated carbocycles. The van der Waals surface area contributed by atoms with Gasteiger partial charge in [0.15, 0.2) is 10.9 Å². The van der Waals surface area contributed by atoms with E-state index in [0.717, 1.165) is 17.4 Å². The molecule has 0 fully saturated rings. The van der Waals surface area contributed by atoms with Gasteiger partial charge in [0.2, 0.25) is 0 Å². The number of anilines is 1. The molecule has 6 heteroatoms. The first-order valence-electron chi connectivity index (χ1n) is 4.49. The topological polar surface area (TPSA) is 37.0 Å². The molecule has 0 amide bonds. The van der Waals surface area contributed by atoms with E-state index < -0.39 is 0 Å². The molecule has 1 heterocycles. The van der Waals surface area contributed by atoms with E-state index in [9.17, 15) is 0 Å². The summed E-state index contributed by atoms with van der Waals surface area (Å²) in [6.07, 6.45) is 2.68. The number of aromatic nitrogens is 1. The van der Waals surface area contributed by atoms with Crippen LogP contribution in [-0.2, 0) is 0 Å². The quantitative estimate of drug-likeness (QED) is 0.841. The average molecular weight is 309 g/mol. The van der Waals surface area contributed by atoms with E-state index in [1.165, 1.54) is 0 Å². The van der Waals surface area contributed by atoms with Gasteiger partial charge in [0.1, 0.15) is 0 Å². The van der Waals surface area contributed by atoms with Crippen LogP contribution >= 0.6 is 39.7 Å². The number of halogens is 2. The molecule has 0 aliphatic carbocycles. The van der Waals surface area contributed by atoms with Crippen LogP contribution in [0.4, 0.5) is 5.82 Å². The maximum atomic E-state index is 5.97. The number of thiocarbonyl (C=S) groups is 1. The minimum Gasteiger partial charge on any atom is -0.362 e. The van der Waals surface area contributed by atoms with E-state index in [2.05, 4.69) is 38.5 Å². The second-order valence-electron chi connectivity index (χ2n) is 2.86. The number of nitrogens with one attached hydrogen (secondary N) is 2. The summed E-state index contributed by atoms with van der Waals surface area (Å²) < 4.78 is 0.838. The van der Waals surface area contributed by atoms with E-state index in [1.807, 2.05) is 0 Å². The van der Waals surface area contributed by atoms with Crippen LogP contribution in [0.1, 0.15) is 13.3 Å². The van der Waals surface area contributed by atoms with E-state index in [-0.39, 0.29) is 0 Å². The van der Waals surface area contributed by atoms with Crippen LogP contribution in [-0.4, -0.2) is 16.6 Å². The van der Waals surface area contributed by atoms with Crippen molar-refractivity contribution in [3.05, 3.63) is 21.8 Å². The molecule has 0 saturated heterocycles. The van der Waals surface area contributed by atoms with Crippen LogP contribution in [0, 0.1) is 0 Å². The van der Waals surface area contributed by atoms with Gasteiger partial charge in [-0.05, 0) is 40.6 Å². The Labute approximate surface area is 108 Å². The number of pyridine rings is 1. The van der Waals surface area contributed by atoms with Crippen LogP contribution in [0.3, 0.4) is 0 Å². The molecule has 0 bridgehead atoms. The first kappa shape index (κ1) is 12.7. The van der Waals surface area contributed by atoms with Gasteiger partial charge >= 0.3 is 0 Å². The Morgan fingerprint density at radius 3 is 3.00 bits per heavy atom. The molecule has 82 valence electrons. The fourth-order valence-corrected chi connectivity index (χ4v) is 1.77. The zero-order chi connectivity index (χ0) is 11.3. The highest BCUT2D eigenvalue weighted by Gasteiger charge is 2.03. The minimum absolute atomic E-state index is 0.532. The normalized spacial score (nSPS) is 9.80. The summed E-state index contributed by atoms with van der Waals surface area (Å²) in [5.41, 5.74) is 0. The van der Waals surface area contributed by atoms with E-state index in [4.69, 9.17) is 23.8 Å². The molecule has 2 N–H and O–H groups in total. The summed E-state index contributed by atoms with van der Waals surface area (Å²) in [4.78, 5) is 4.11. The fraction of sp³-hybridized carbons (Fsp3) is 0.333. The van der Waals surface area contributed by atoms with Crippen molar-refractivity contribution < 1.29 is 0 Å². The van der Waals surface area contributed by atoms with Crippen LogP contribution in [0.2, 0.25) is 5.02 Å². The Bertz CT molecular complexity index is 359. The van der Waals surface area contributed by atoms with Crippen molar-refractivity contribution >= 4 is 50.7 Å². The summed E-state index contributed by atoms with van der Waals surface area (Å²) >= 11 is 14.3. The Balaban J connectivity index is 2.60. The summed E-state index contributed by atoms with van der Waals surface area (Å²) in [7, 11) is 0. The molecule has 0 aliphatic rings. The van der Waals surface area contributed by atoms with Crippen LogP contribution in [0.25, 0.3) is 0 Å². The molecule has 0 aliphatic heterocycles. The number of hydrogen-bond donors (Lipinski definition) is 2. The summed E-state index contributed by atoms with van der Waals surface area (Å²) in [6, 6.07) is 1.76. The molecule has 0 aromatic carbocycles. The predicted octanol–water partition coefficient (Wildman–Crippen LogP) is 3.19. The zero-order valence-electron chi connectivity index (χ0n) is 8.18. The number of hydrogen-bond acceptors (Lipinski definition) is 2. The SMILES string of the molecule is CCCNC(=S)Nc1ncc(Br)cc1Cl. The van der Waals surface area contributed by atoms with Gasteiger partial charge in [-0.15, -0.1) is 0 Å². The largest absolute Gasteiger partial charge is 0.362 e. The lowest BCUT2D eigenvalue weighted by molar-refractivity contribution is 0.846. The van der Waals surface area contributed by atoms with Gasteiger partial charge < -0.3 is 10.6 Å². The maximum absolute atomic E-state index is 5.97. The lowest BCUT2D eigenvalue weighted by Crippen LogP contribution is -2.29.